The molecule has 4 rings (SSSR count). The van der Waals surface area contributed by atoms with E-state index < -0.39 is 23.5 Å². The van der Waals surface area contributed by atoms with Gasteiger partial charge in [0.1, 0.15) is 22.6 Å². The first kappa shape index (κ1) is 22.0. The Morgan fingerprint density at radius 1 is 1.19 bits per heavy atom. The molecule has 8 heteroatoms. The molecule has 1 atom stereocenters. The smallest absolute Gasteiger partial charge is 0.290 e. The highest BCUT2D eigenvalue weighted by atomic mass is 32.1. The van der Waals surface area contributed by atoms with Crippen molar-refractivity contribution in [1.29, 1.82) is 0 Å². The molecule has 0 bridgehead atoms. The van der Waals surface area contributed by atoms with Gasteiger partial charge in [0.05, 0.1) is 16.1 Å². The molecular formula is C24H25N3O4S. The van der Waals surface area contributed by atoms with E-state index in [-0.39, 0.29) is 5.57 Å². The number of ketones is 1. The summed E-state index contributed by atoms with van der Waals surface area (Å²) < 4.78 is 5.80. The van der Waals surface area contributed by atoms with Gasteiger partial charge in [0.2, 0.25) is 5.78 Å². The molecule has 166 valence electrons. The Morgan fingerprint density at radius 3 is 2.53 bits per heavy atom. The van der Waals surface area contributed by atoms with Crippen molar-refractivity contribution in [2.45, 2.75) is 19.9 Å². The highest BCUT2D eigenvalue weighted by Crippen LogP contribution is 2.41. The largest absolute Gasteiger partial charge is 0.503 e. The van der Waals surface area contributed by atoms with Crippen LogP contribution in [0.5, 0.6) is 0 Å². The number of carbonyl (C=O) groups is 2. The fraction of sp³-hybridized carbons (Fsp3) is 0.292. The maximum Gasteiger partial charge on any atom is 0.290 e. The molecular weight excluding hydrogens is 426 g/mol. The van der Waals surface area contributed by atoms with E-state index in [1.807, 2.05) is 49.3 Å². The summed E-state index contributed by atoms with van der Waals surface area (Å²) in [6.07, 6.45) is 0. The van der Waals surface area contributed by atoms with Crippen LogP contribution in [0.25, 0.3) is 10.6 Å². The molecule has 2 aromatic heterocycles. The summed E-state index contributed by atoms with van der Waals surface area (Å²) in [5, 5.41) is 11.5. The molecule has 0 spiro atoms. The van der Waals surface area contributed by atoms with E-state index in [9.17, 15) is 14.7 Å². The van der Waals surface area contributed by atoms with Crippen LogP contribution < -0.4 is 0 Å². The molecule has 0 saturated heterocycles. The van der Waals surface area contributed by atoms with E-state index in [2.05, 4.69) is 4.98 Å². The summed E-state index contributed by atoms with van der Waals surface area (Å²) in [6, 6.07) is 12.3. The van der Waals surface area contributed by atoms with Gasteiger partial charge >= 0.3 is 0 Å². The van der Waals surface area contributed by atoms with E-state index in [1.165, 1.54) is 16.2 Å². The third-order valence-corrected chi connectivity index (χ3v) is 6.60. The van der Waals surface area contributed by atoms with Crippen LogP contribution in [0.1, 0.15) is 32.9 Å². The third-order valence-electron chi connectivity index (χ3n) is 5.39. The number of hydrogen-bond donors (Lipinski definition) is 1. The Balaban J connectivity index is 1.75. The minimum absolute atomic E-state index is 0.0365. The van der Waals surface area contributed by atoms with Crippen molar-refractivity contribution in [3.8, 4) is 10.6 Å². The number of rotatable bonds is 7. The Bertz CT molecular complexity index is 1190. The molecule has 0 saturated carbocycles. The van der Waals surface area contributed by atoms with Gasteiger partial charge in [-0.05, 0) is 40.1 Å². The minimum atomic E-state index is -0.787. The maximum atomic E-state index is 13.7. The van der Waals surface area contributed by atoms with Crippen molar-refractivity contribution in [3.05, 3.63) is 75.9 Å². The van der Waals surface area contributed by atoms with Crippen molar-refractivity contribution in [2.75, 3.05) is 27.2 Å². The zero-order valence-corrected chi connectivity index (χ0v) is 19.3. The zero-order chi connectivity index (χ0) is 23.0. The van der Waals surface area contributed by atoms with Crippen LogP contribution >= 0.6 is 11.3 Å². The van der Waals surface area contributed by atoms with Crippen LogP contribution in [-0.4, -0.2) is 58.8 Å². The van der Waals surface area contributed by atoms with Gasteiger partial charge in [-0.15, -0.1) is 11.3 Å². The van der Waals surface area contributed by atoms with Crippen LogP contribution in [0.2, 0.25) is 0 Å². The number of likely N-dealkylation sites (N-methyl/N-ethyl adjacent to an activating group) is 1. The van der Waals surface area contributed by atoms with Gasteiger partial charge in [0.25, 0.3) is 5.91 Å². The first-order valence-corrected chi connectivity index (χ1v) is 11.1. The molecule has 1 N–H and O–H groups in total. The fourth-order valence-electron chi connectivity index (χ4n) is 3.75. The number of amides is 1. The molecule has 32 heavy (non-hydrogen) atoms. The van der Waals surface area contributed by atoms with Crippen LogP contribution in [0, 0.1) is 13.8 Å². The molecule has 1 amide bonds. The average molecular weight is 452 g/mol. The predicted octanol–water partition coefficient (Wildman–Crippen LogP) is 4.16. The summed E-state index contributed by atoms with van der Waals surface area (Å²) in [5.74, 6) is -0.382. The van der Waals surface area contributed by atoms with Gasteiger partial charge in [-0.1, -0.05) is 30.3 Å². The number of benzene rings is 1. The molecule has 3 heterocycles. The van der Waals surface area contributed by atoms with Gasteiger partial charge in [-0.25, -0.2) is 4.98 Å². The monoisotopic (exact) mass is 451 g/mol. The van der Waals surface area contributed by atoms with Gasteiger partial charge in [-0.2, -0.15) is 0 Å². The number of furan rings is 1. The third kappa shape index (κ3) is 3.99. The first-order valence-electron chi connectivity index (χ1n) is 10.3. The highest BCUT2D eigenvalue weighted by Gasteiger charge is 2.45. The van der Waals surface area contributed by atoms with E-state index >= 15 is 0 Å². The number of aromatic nitrogens is 1. The molecule has 0 aliphatic carbocycles. The van der Waals surface area contributed by atoms with Crippen LogP contribution in [0.3, 0.4) is 0 Å². The summed E-state index contributed by atoms with van der Waals surface area (Å²) in [4.78, 5) is 35.0. The lowest BCUT2D eigenvalue weighted by Gasteiger charge is -2.26. The molecule has 1 aliphatic heterocycles. The summed E-state index contributed by atoms with van der Waals surface area (Å²) in [7, 11) is 3.80. The average Bonchev–Trinajstić information content (AvgIpc) is 3.44. The van der Waals surface area contributed by atoms with Crippen molar-refractivity contribution >= 4 is 23.0 Å². The van der Waals surface area contributed by atoms with Crippen LogP contribution in [0.4, 0.5) is 0 Å². The molecule has 1 unspecified atom stereocenters. The Kier molecular flexibility index (Phi) is 5.99. The Labute approximate surface area is 190 Å². The van der Waals surface area contributed by atoms with Crippen LogP contribution in [-0.2, 0) is 4.79 Å². The lowest BCUT2D eigenvalue weighted by molar-refractivity contribution is -0.129. The lowest BCUT2D eigenvalue weighted by atomic mass is 9.99. The summed E-state index contributed by atoms with van der Waals surface area (Å²) >= 11 is 1.26. The number of hydrogen-bond acceptors (Lipinski definition) is 7. The topological polar surface area (TPSA) is 86.9 Å². The van der Waals surface area contributed by atoms with Crippen molar-refractivity contribution in [2.24, 2.45) is 0 Å². The fourth-order valence-corrected chi connectivity index (χ4v) is 4.78. The van der Waals surface area contributed by atoms with Gasteiger partial charge in [0.15, 0.2) is 5.76 Å². The molecule has 1 aromatic carbocycles. The molecule has 0 fully saturated rings. The minimum Gasteiger partial charge on any atom is -0.503 e. The SMILES string of the molecule is Cc1ccc(C2C(C(=O)c3sc(-c4ccccc4)nc3C)=C(O)C(=O)N2CCN(C)C)o1. The van der Waals surface area contributed by atoms with Gasteiger partial charge < -0.3 is 19.3 Å². The van der Waals surface area contributed by atoms with E-state index in [0.717, 1.165) is 5.56 Å². The number of aryl methyl sites for hydroxylation is 2. The number of aliphatic hydroxyl groups is 1. The second kappa shape index (κ2) is 8.72. The van der Waals surface area contributed by atoms with E-state index in [0.29, 0.717) is 40.2 Å². The van der Waals surface area contributed by atoms with Gasteiger partial charge in [0, 0.05) is 18.7 Å². The zero-order valence-electron chi connectivity index (χ0n) is 18.5. The normalized spacial score (nSPS) is 16.5. The van der Waals surface area contributed by atoms with E-state index in [4.69, 9.17) is 4.42 Å². The van der Waals surface area contributed by atoms with Crippen molar-refractivity contribution in [3.63, 3.8) is 0 Å². The van der Waals surface area contributed by atoms with E-state index in [1.54, 1.807) is 26.0 Å². The predicted molar refractivity (Wildman–Crippen MR) is 123 cm³/mol. The molecule has 0 radical (unpaired) electrons. The molecule has 7 nitrogen and oxygen atoms in total. The maximum absolute atomic E-state index is 13.7. The lowest BCUT2D eigenvalue weighted by Crippen LogP contribution is -2.36. The number of nitrogens with zero attached hydrogens (tertiary/aromatic N) is 3. The number of aliphatic hydroxyl groups excluding tert-OH is 1. The quantitative estimate of drug-likeness (QED) is 0.543. The number of thiazole rings is 1. The Hall–Kier alpha value is -3.23. The standard InChI is InChI=1S/C24H25N3O4S/c1-14-10-11-17(31-14)19-18(21(29)24(30)27(19)13-12-26(3)4)20(28)22-15(2)25-23(32-22)16-8-6-5-7-9-16/h5-11,19,29H,12-13H2,1-4H3. The van der Waals surface area contributed by atoms with Crippen LogP contribution in [0.15, 0.2) is 58.2 Å². The highest BCUT2D eigenvalue weighted by molar-refractivity contribution is 7.17. The number of Topliss-reactive ketones (excluding diaryl/α,β-unsaturated/α-hetero) is 1. The number of carbonyl (C=O) groups excluding carboxylic acids is 2. The first-order chi connectivity index (χ1) is 15.3. The second-order valence-electron chi connectivity index (χ2n) is 8.04. The molecule has 3 aromatic rings. The van der Waals surface area contributed by atoms with Crippen molar-refractivity contribution in [1.82, 2.24) is 14.8 Å². The van der Waals surface area contributed by atoms with Crippen molar-refractivity contribution < 1.29 is 19.1 Å². The Morgan fingerprint density at radius 2 is 1.91 bits per heavy atom. The van der Waals surface area contributed by atoms with Gasteiger partial charge in [-0.3, -0.25) is 9.59 Å². The second-order valence-corrected chi connectivity index (χ2v) is 9.04. The summed E-state index contributed by atoms with van der Waals surface area (Å²) in [5.41, 5.74) is 1.51. The summed E-state index contributed by atoms with van der Waals surface area (Å²) in [6.45, 7) is 4.48. The molecule has 1 aliphatic rings.